The summed E-state index contributed by atoms with van der Waals surface area (Å²) in [4.78, 5) is 16.3. The summed E-state index contributed by atoms with van der Waals surface area (Å²) in [6, 6.07) is 12.2. The molecular formula is C20H20F3N5O. The van der Waals surface area contributed by atoms with E-state index in [4.69, 9.17) is 0 Å². The summed E-state index contributed by atoms with van der Waals surface area (Å²) in [7, 11) is 0. The van der Waals surface area contributed by atoms with Crippen LogP contribution in [0.15, 0.2) is 48.5 Å². The number of alkyl halides is 3. The summed E-state index contributed by atoms with van der Waals surface area (Å²) in [6.45, 7) is 2.20. The van der Waals surface area contributed by atoms with Gasteiger partial charge in [0.2, 0.25) is 0 Å². The van der Waals surface area contributed by atoms with Crippen LogP contribution in [-0.4, -0.2) is 27.8 Å². The Morgan fingerprint density at radius 3 is 2.55 bits per heavy atom. The molecule has 0 bridgehead atoms. The van der Waals surface area contributed by atoms with Crippen molar-refractivity contribution < 1.29 is 18.0 Å². The van der Waals surface area contributed by atoms with E-state index >= 15 is 0 Å². The standard InChI is InChI=1S/C20H20F3N5O/c1-13-6-8-14(9-7-13)12-18-26-17(27-28-18)10-11-24-19(29)25-16-5-3-2-4-15(16)20(21,22)23/h2-9H,10-12H2,1H3,(H2,24,25,29)(H,26,27,28). The number of carbonyl (C=O) groups excluding carboxylic acids is 1. The van der Waals surface area contributed by atoms with Gasteiger partial charge in [-0.3, -0.25) is 5.10 Å². The lowest BCUT2D eigenvalue weighted by Gasteiger charge is -2.13. The van der Waals surface area contributed by atoms with Gasteiger partial charge in [-0.1, -0.05) is 42.0 Å². The van der Waals surface area contributed by atoms with Crippen LogP contribution in [0, 0.1) is 6.92 Å². The lowest BCUT2D eigenvalue weighted by Crippen LogP contribution is -2.31. The van der Waals surface area contributed by atoms with Gasteiger partial charge in [-0.15, -0.1) is 0 Å². The van der Waals surface area contributed by atoms with Crippen molar-refractivity contribution >= 4 is 11.7 Å². The molecule has 0 aliphatic carbocycles. The highest BCUT2D eigenvalue weighted by Gasteiger charge is 2.33. The number of benzene rings is 2. The molecule has 1 heterocycles. The average Bonchev–Trinajstić information content (AvgIpc) is 3.10. The van der Waals surface area contributed by atoms with Crippen molar-refractivity contribution in [1.82, 2.24) is 20.5 Å². The summed E-state index contributed by atoms with van der Waals surface area (Å²) < 4.78 is 38.9. The van der Waals surface area contributed by atoms with Gasteiger partial charge in [-0.25, -0.2) is 9.78 Å². The Morgan fingerprint density at radius 1 is 1.10 bits per heavy atom. The van der Waals surface area contributed by atoms with Crippen LogP contribution in [0.25, 0.3) is 0 Å². The zero-order valence-corrected chi connectivity index (χ0v) is 15.7. The van der Waals surface area contributed by atoms with Crippen LogP contribution < -0.4 is 10.6 Å². The summed E-state index contributed by atoms with van der Waals surface area (Å²) in [5, 5.41) is 11.7. The molecule has 3 N–H and O–H groups in total. The summed E-state index contributed by atoms with van der Waals surface area (Å²) in [5.41, 5.74) is 1.08. The van der Waals surface area contributed by atoms with E-state index in [-0.39, 0.29) is 12.2 Å². The lowest BCUT2D eigenvalue weighted by molar-refractivity contribution is -0.136. The molecule has 0 radical (unpaired) electrons. The molecule has 1 aromatic heterocycles. The van der Waals surface area contributed by atoms with Crippen molar-refractivity contribution in [2.45, 2.75) is 25.9 Å². The van der Waals surface area contributed by atoms with Crippen LogP contribution in [0.1, 0.15) is 28.3 Å². The molecular weight excluding hydrogens is 383 g/mol. The van der Waals surface area contributed by atoms with Crippen LogP contribution >= 0.6 is 0 Å². The minimum atomic E-state index is -4.54. The van der Waals surface area contributed by atoms with Crippen molar-refractivity contribution in [1.29, 1.82) is 0 Å². The monoisotopic (exact) mass is 403 g/mol. The van der Waals surface area contributed by atoms with E-state index in [2.05, 4.69) is 25.8 Å². The molecule has 0 aliphatic heterocycles. The Hall–Kier alpha value is -3.36. The number of aromatic nitrogens is 3. The number of hydrogen-bond acceptors (Lipinski definition) is 3. The Kier molecular flexibility index (Phi) is 6.16. The minimum Gasteiger partial charge on any atom is -0.337 e. The van der Waals surface area contributed by atoms with E-state index in [1.807, 2.05) is 31.2 Å². The Balaban J connectivity index is 1.49. The number of rotatable bonds is 6. The van der Waals surface area contributed by atoms with Gasteiger partial charge >= 0.3 is 12.2 Å². The highest BCUT2D eigenvalue weighted by molar-refractivity contribution is 5.90. The molecule has 3 aromatic rings. The van der Waals surface area contributed by atoms with Gasteiger partial charge in [0.15, 0.2) is 5.82 Å². The molecule has 2 aromatic carbocycles. The molecule has 152 valence electrons. The zero-order chi connectivity index (χ0) is 20.9. The van der Waals surface area contributed by atoms with Crippen LogP contribution in [0.5, 0.6) is 0 Å². The maximum Gasteiger partial charge on any atom is 0.418 e. The first-order valence-corrected chi connectivity index (χ1v) is 8.98. The smallest absolute Gasteiger partial charge is 0.337 e. The first-order valence-electron chi connectivity index (χ1n) is 8.98. The fourth-order valence-electron chi connectivity index (χ4n) is 2.72. The number of aromatic amines is 1. The van der Waals surface area contributed by atoms with E-state index in [1.54, 1.807) is 0 Å². The quantitative estimate of drug-likeness (QED) is 0.580. The van der Waals surface area contributed by atoms with E-state index in [0.29, 0.717) is 24.5 Å². The Morgan fingerprint density at radius 2 is 1.83 bits per heavy atom. The SMILES string of the molecule is Cc1ccc(Cc2nc(CCNC(=O)Nc3ccccc3C(F)(F)F)n[nH]2)cc1. The highest BCUT2D eigenvalue weighted by Crippen LogP contribution is 2.34. The van der Waals surface area contributed by atoms with E-state index in [9.17, 15) is 18.0 Å². The maximum absolute atomic E-state index is 13.0. The van der Waals surface area contributed by atoms with Gasteiger partial charge in [-0.2, -0.15) is 18.3 Å². The van der Waals surface area contributed by atoms with E-state index in [0.717, 1.165) is 11.6 Å². The number of H-pyrrole nitrogens is 1. The second kappa shape index (κ2) is 8.76. The van der Waals surface area contributed by atoms with Crippen molar-refractivity contribution in [3.8, 4) is 0 Å². The van der Waals surface area contributed by atoms with Gasteiger partial charge in [0, 0.05) is 19.4 Å². The predicted octanol–water partition coefficient (Wildman–Crippen LogP) is 4.09. The largest absolute Gasteiger partial charge is 0.418 e. The highest BCUT2D eigenvalue weighted by atomic mass is 19.4. The number of anilines is 1. The summed E-state index contributed by atoms with van der Waals surface area (Å²) in [6.07, 6.45) is -3.59. The molecule has 3 rings (SSSR count). The number of aryl methyl sites for hydroxylation is 1. The summed E-state index contributed by atoms with van der Waals surface area (Å²) >= 11 is 0. The Labute approximate surface area is 165 Å². The fraction of sp³-hybridized carbons (Fsp3) is 0.250. The second-order valence-electron chi connectivity index (χ2n) is 6.53. The third-order valence-corrected chi connectivity index (χ3v) is 4.19. The first kappa shape index (κ1) is 20.4. The van der Waals surface area contributed by atoms with E-state index in [1.165, 1.54) is 23.8 Å². The van der Waals surface area contributed by atoms with Crippen LogP contribution in [-0.2, 0) is 19.0 Å². The van der Waals surface area contributed by atoms with Gasteiger partial charge in [0.05, 0.1) is 11.3 Å². The number of hydrogen-bond donors (Lipinski definition) is 3. The predicted molar refractivity (Wildman–Crippen MR) is 103 cm³/mol. The van der Waals surface area contributed by atoms with Crippen molar-refractivity contribution in [3.63, 3.8) is 0 Å². The Bertz CT molecular complexity index is 967. The van der Waals surface area contributed by atoms with Crippen molar-refractivity contribution in [2.75, 3.05) is 11.9 Å². The topological polar surface area (TPSA) is 82.7 Å². The van der Waals surface area contributed by atoms with E-state index < -0.39 is 17.8 Å². The number of urea groups is 1. The van der Waals surface area contributed by atoms with Gasteiger partial charge in [-0.05, 0) is 24.6 Å². The van der Waals surface area contributed by atoms with Crippen LogP contribution in [0.3, 0.4) is 0 Å². The van der Waals surface area contributed by atoms with Crippen LogP contribution in [0.4, 0.5) is 23.7 Å². The van der Waals surface area contributed by atoms with Crippen LogP contribution in [0.2, 0.25) is 0 Å². The number of nitrogens with zero attached hydrogens (tertiary/aromatic N) is 2. The molecule has 6 nitrogen and oxygen atoms in total. The third kappa shape index (κ3) is 5.81. The van der Waals surface area contributed by atoms with Crippen molar-refractivity contribution in [3.05, 3.63) is 76.9 Å². The lowest BCUT2D eigenvalue weighted by atomic mass is 10.1. The number of carbonyl (C=O) groups is 1. The minimum absolute atomic E-state index is 0.182. The van der Waals surface area contributed by atoms with Gasteiger partial charge < -0.3 is 10.6 Å². The second-order valence-corrected chi connectivity index (χ2v) is 6.53. The fourth-order valence-corrected chi connectivity index (χ4v) is 2.72. The number of amides is 2. The molecule has 0 unspecified atom stereocenters. The first-order chi connectivity index (χ1) is 13.8. The number of para-hydroxylation sites is 1. The molecule has 29 heavy (non-hydrogen) atoms. The van der Waals surface area contributed by atoms with Crippen molar-refractivity contribution in [2.24, 2.45) is 0 Å². The number of halogens is 3. The third-order valence-electron chi connectivity index (χ3n) is 4.19. The normalized spacial score (nSPS) is 11.3. The number of nitrogens with one attached hydrogen (secondary N) is 3. The molecule has 2 amide bonds. The zero-order valence-electron chi connectivity index (χ0n) is 15.7. The molecule has 0 saturated heterocycles. The van der Waals surface area contributed by atoms with Gasteiger partial charge in [0.25, 0.3) is 0 Å². The molecule has 0 atom stereocenters. The molecule has 0 spiro atoms. The van der Waals surface area contributed by atoms with Gasteiger partial charge in [0.1, 0.15) is 5.82 Å². The maximum atomic E-state index is 13.0. The molecule has 0 fully saturated rings. The molecule has 0 aliphatic rings. The summed E-state index contributed by atoms with van der Waals surface area (Å²) in [5.74, 6) is 1.22. The molecule has 9 heteroatoms. The average molecular weight is 403 g/mol. The molecule has 0 saturated carbocycles.